The van der Waals surface area contributed by atoms with Crippen molar-refractivity contribution in [3.05, 3.63) is 29.8 Å². The fourth-order valence-corrected chi connectivity index (χ4v) is 3.83. The minimum atomic E-state index is -0.712. The highest BCUT2D eigenvalue weighted by Gasteiger charge is 2.35. The molecule has 1 aliphatic carbocycles. The summed E-state index contributed by atoms with van der Waals surface area (Å²) in [4.78, 5) is 17.0. The Morgan fingerprint density at radius 3 is 2.65 bits per heavy atom. The van der Waals surface area contributed by atoms with Crippen LogP contribution in [0.5, 0.6) is 0 Å². The lowest BCUT2D eigenvalue weighted by atomic mass is 9.83. The Labute approximate surface area is 157 Å². The molecule has 1 aliphatic rings. The number of H-pyrrole nitrogens is 1. The zero-order valence-corrected chi connectivity index (χ0v) is 15.9. The Balaban J connectivity index is 1.62. The van der Waals surface area contributed by atoms with Crippen molar-refractivity contribution < 1.29 is 4.79 Å². The van der Waals surface area contributed by atoms with Crippen molar-refractivity contribution in [2.45, 2.75) is 61.9 Å². The summed E-state index contributed by atoms with van der Waals surface area (Å²) in [5.41, 5.74) is 1.43. The number of benzene rings is 1. The Morgan fingerprint density at radius 1 is 1.31 bits per heavy atom. The summed E-state index contributed by atoms with van der Waals surface area (Å²) in [6, 6.07) is 10.3. The van der Waals surface area contributed by atoms with Crippen LogP contribution in [0.3, 0.4) is 0 Å². The largest absolute Gasteiger partial charge is 0.337 e. The molecule has 0 unspecified atom stereocenters. The molecule has 136 valence electrons. The number of hydrogen-bond acceptors (Lipinski definition) is 5. The van der Waals surface area contributed by atoms with Gasteiger partial charge in [-0.3, -0.25) is 9.89 Å². The molecule has 0 aliphatic heterocycles. The molecule has 2 N–H and O–H groups in total. The van der Waals surface area contributed by atoms with Crippen LogP contribution < -0.4 is 5.32 Å². The van der Waals surface area contributed by atoms with Gasteiger partial charge in [0.25, 0.3) is 0 Å². The first-order valence-corrected chi connectivity index (χ1v) is 9.79. The lowest BCUT2D eigenvalue weighted by Crippen LogP contribution is -2.50. The molecule has 1 aromatic heterocycles. The number of thioether (sulfide) groups is 1. The Hall–Kier alpha value is -2.33. The van der Waals surface area contributed by atoms with Crippen molar-refractivity contribution in [2.75, 3.05) is 0 Å². The van der Waals surface area contributed by atoms with E-state index in [0.717, 1.165) is 37.7 Å². The molecule has 2 aromatic rings. The third-order valence-electron chi connectivity index (χ3n) is 4.72. The van der Waals surface area contributed by atoms with E-state index in [1.807, 2.05) is 38.1 Å². The number of carbonyl (C=O) groups excluding carboxylic acids is 1. The van der Waals surface area contributed by atoms with Crippen LogP contribution in [0.25, 0.3) is 11.4 Å². The monoisotopic (exact) mass is 369 g/mol. The summed E-state index contributed by atoms with van der Waals surface area (Å²) in [5.74, 6) is 0.543. The second-order valence-electron chi connectivity index (χ2n) is 6.84. The fraction of sp³-hybridized carbons (Fsp3) is 0.474. The summed E-state index contributed by atoms with van der Waals surface area (Å²) in [5, 5.41) is 19.7. The maximum Gasteiger partial charge on any atom is 0.234 e. The van der Waals surface area contributed by atoms with E-state index in [4.69, 9.17) is 0 Å². The number of amides is 1. The summed E-state index contributed by atoms with van der Waals surface area (Å²) in [6.07, 6.45) is 4.55. The van der Waals surface area contributed by atoms with E-state index in [1.165, 1.54) is 17.3 Å². The van der Waals surface area contributed by atoms with Gasteiger partial charge in [-0.1, -0.05) is 60.9 Å². The minimum absolute atomic E-state index is 0.139. The first-order chi connectivity index (χ1) is 12.5. The zero-order chi connectivity index (χ0) is 18.6. The smallest absolute Gasteiger partial charge is 0.234 e. The van der Waals surface area contributed by atoms with Gasteiger partial charge in [-0.2, -0.15) is 5.26 Å². The second-order valence-corrected chi connectivity index (χ2v) is 8.14. The van der Waals surface area contributed by atoms with E-state index in [9.17, 15) is 10.1 Å². The van der Waals surface area contributed by atoms with Crippen molar-refractivity contribution in [3.63, 3.8) is 0 Å². The van der Waals surface area contributed by atoms with Crippen molar-refractivity contribution >= 4 is 17.7 Å². The summed E-state index contributed by atoms with van der Waals surface area (Å²) in [6.45, 7) is 3.85. The van der Waals surface area contributed by atoms with Crippen LogP contribution in [0.15, 0.2) is 29.4 Å². The van der Waals surface area contributed by atoms with Gasteiger partial charge in [0.15, 0.2) is 5.82 Å². The zero-order valence-electron chi connectivity index (χ0n) is 15.1. The van der Waals surface area contributed by atoms with Crippen LogP contribution in [0.4, 0.5) is 0 Å². The first kappa shape index (κ1) is 18.5. The summed E-state index contributed by atoms with van der Waals surface area (Å²) >= 11 is 1.29. The van der Waals surface area contributed by atoms with Gasteiger partial charge in [0.05, 0.1) is 11.3 Å². The molecular weight excluding hydrogens is 346 g/mol. The normalized spacial score (nSPS) is 17.3. The summed E-state index contributed by atoms with van der Waals surface area (Å²) in [7, 11) is 0. The Kier molecular flexibility index (Phi) is 5.62. The fourth-order valence-electron chi connectivity index (χ4n) is 3.11. The van der Waals surface area contributed by atoms with Gasteiger partial charge < -0.3 is 5.32 Å². The molecule has 1 amide bonds. The highest BCUT2D eigenvalue weighted by molar-refractivity contribution is 8.00. The maximum atomic E-state index is 12.5. The topological polar surface area (TPSA) is 94.5 Å². The lowest BCUT2D eigenvalue weighted by Gasteiger charge is -2.32. The van der Waals surface area contributed by atoms with Gasteiger partial charge in [-0.15, -0.1) is 5.10 Å². The number of carbonyl (C=O) groups is 1. The molecule has 7 heteroatoms. The quantitative estimate of drug-likeness (QED) is 0.785. The molecule has 3 rings (SSSR count). The maximum absolute atomic E-state index is 12.5. The number of aromatic amines is 1. The van der Waals surface area contributed by atoms with Crippen LogP contribution in [0.2, 0.25) is 0 Å². The molecule has 0 saturated heterocycles. The number of nitrogens with one attached hydrogen (secondary N) is 2. The number of aromatic nitrogens is 3. The number of nitriles is 1. The molecule has 6 nitrogen and oxygen atoms in total. The molecule has 0 radical (unpaired) electrons. The van der Waals surface area contributed by atoms with Gasteiger partial charge >= 0.3 is 0 Å². The molecule has 0 bridgehead atoms. The third-order valence-corrected chi connectivity index (χ3v) is 5.69. The van der Waals surface area contributed by atoms with Crippen LogP contribution in [-0.2, 0) is 4.79 Å². The van der Waals surface area contributed by atoms with E-state index in [-0.39, 0.29) is 11.2 Å². The van der Waals surface area contributed by atoms with Gasteiger partial charge in [0, 0.05) is 5.56 Å². The average molecular weight is 369 g/mol. The molecule has 0 spiro atoms. The van der Waals surface area contributed by atoms with E-state index in [1.54, 1.807) is 0 Å². The third kappa shape index (κ3) is 4.25. The van der Waals surface area contributed by atoms with E-state index < -0.39 is 5.54 Å². The number of hydrogen-bond donors (Lipinski definition) is 2. The molecule has 1 fully saturated rings. The molecule has 26 heavy (non-hydrogen) atoms. The molecule has 1 atom stereocenters. The predicted molar refractivity (Wildman–Crippen MR) is 101 cm³/mol. The number of nitrogens with zero attached hydrogens (tertiary/aromatic N) is 3. The molecule has 1 saturated carbocycles. The number of aryl methyl sites for hydroxylation is 1. The van der Waals surface area contributed by atoms with Crippen LogP contribution in [0.1, 0.15) is 44.6 Å². The van der Waals surface area contributed by atoms with Crippen molar-refractivity contribution in [3.8, 4) is 17.5 Å². The molecular formula is C19H23N5OS. The van der Waals surface area contributed by atoms with Crippen LogP contribution >= 0.6 is 11.8 Å². The number of rotatable bonds is 5. The SMILES string of the molecule is Cc1ccc(-c2nc(S[C@@H](C)C(=O)NC3(C#N)CCCCC3)n[nH]2)cc1. The van der Waals surface area contributed by atoms with Crippen LogP contribution in [0, 0.1) is 18.3 Å². The standard InChI is InChI=1S/C19H23N5OS/c1-13-6-8-15(9-7-13)16-21-18(24-23-16)26-14(2)17(25)22-19(12-20)10-4-3-5-11-19/h6-9,14H,3-5,10-11H2,1-2H3,(H,22,25)(H,21,23,24)/t14-/m0/s1. The minimum Gasteiger partial charge on any atom is -0.337 e. The van der Waals surface area contributed by atoms with E-state index >= 15 is 0 Å². The highest BCUT2D eigenvalue weighted by Crippen LogP contribution is 2.29. The van der Waals surface area contributed by atoms with Crippen molar-refractivity contribution in [2.24, 2.45) is 0 Å². The highest BCUT2D eigenvalue weighted by atomic mass is 32.2. The predicted octanol–water partition coefficient (Wildman–Crippen LogP) is 3.60. The molecule has 1 heterocycles. The Bertz CT molecular complexity index is 802. The van der Waals surface area contributed by atoms with Crippen molar-refractivity contribution in [1.29, 1.82) is 5.26 Å². The van der Waals surface area contributed by atoms with Gasteiger partial charge in [0.2, 0.25) is 11.1 Å². The van der Waals surface area contributed by atoms with E-state index in [2.05, 4.69) is 26.6 Å². The first-order valence-electron chi connectivity index (χ1n) is 8.91. The van der Waals surface area contributed by atoms with Crippen molar-refractivity contribution in [1.82, 2.24) is 20.5 Å². The molecule has 1 aromatic carbocycles. The lowest BCUT2D eigenvalue weighted by molar-refractivity contribution is -0.121. The van der Waals surface area contributed by atoms with E-state index in [0.29, 0.717) is 11.0 Å². The van der Waals surface area contributed by atoms with Gasteiger partial charge in [-0.05, 0) is 26.7 Å². The average Bonchev–Trinajstić information content (AvgIpc) is 3.11. The summed E-state index contributed by atoms with van der Waals surface area (Å²) < 4.78 is 0. The second kappa shape index (κ2) is 7.92. The Morgan fingerprint density at radius 2 is 2.00 bits per heavy atom. The van der Waals surface area contributed by atoms with Crippen LogP contribution in [-0.4, -0.2) is 31.9 Å². The van der Waals surface area contributed by atoms with Gasteiger partial charge in [0.1, 0.15) is 5.54 Å². The van der Waals surface area contributed by atoms with Gasteiger partial charge in [-0.25, -0.2) is 4.98 Å².